The minimum absolute atomic E-state index is 0.411. The van der Waals surface area contributed by atoms with Gasteiger partial charge < -0.3 is 11.1 Å². The van der Waals surface area contributed by atoms with Crippen molar-refractivity contribution in [3.63, 3.8) is 0 Å². The lowest BCUT2D eigenvalue weighted by molar-refractivity contribution is -0.137. The van der Waals surface area contributed by atoms with Gasteiger partial charge >= 0.3 is 6.18 Å². The molecule has 1 saturated carbocycles. The van der Waals surface area contributed by atoms with E-state index in [1.807, 2.05) is 0 Å². The van der Waals surface area contributed by atoms with Gasteiger partial charge in [0.05, 0.1) is 5.56 Å². The molecule has 0 amide bonds. The molecule has 3 N–H and O–H groups in total. The summed E-state index contributed by atoms with van der Waals surface area (Å²) in [6.07, 6.45) is -1.47. The molecule has 0 atom stereocenters. The number of hydrogen-bond donors (Lipinski definition) is 2. The van der Waals surface area contributed by atoms with Crippen molar-refractivity contribution in [3.05, 3.63) is 35.4 Å². The summed E-state index contributed by atoms with van der Waals surface area (Å²) in [5.41, 5.74) is 5.84. The summed E-state index contributed by atoms with van der Waals surface area (Å²) < 4.78 is 37.1. The molecule has 1 aliphatic carbocycles. The number of nitrogens with two attached hydrogens (primary N) is 1. The van der Waals surface area contributed by atoms with E-state index in [4.69, 9.17) is 5.73 Å². The molecule has 104 valence electrons. The summed E-state index contributed by atoms with van der Waals surface area (Å²) in [6, 6.07) is 5.58. The average molecular weight is 271 g/mol. The number of rotatable bonds is 4. The van der Waals surface area contributed by atoms with E-state index in [2.05, 4.69) is 10.3 Å². The molecular weight excluding hydrogens is 255 g/mol. The fraction of sp³-hybridized carbons (Fsp3) is 0.462. The highest BCUT2D eigenvalue weighted by molar-refractivity contribution is 5.78. The molecule has 6 heteroatoms. The van der Waals surface area contributed by atoms with Crippen LogP contribution >= 0.6 is 0 Å². The monoisotopic (exact) mass is 271 g/mol. The van der Waals surface area contributed by atoms with Gasteiger partial charge in [0.25, 0.3) is 0 Å². The van der Waals surface area contributed by atoms with Crippen molar-refractivity contribution in [3.8, 4) is 0 Å². The van der Waals surface area contributed by atoms with E-state index in [0.717, 1.165) is 30.5 Å². The summed E-state index contributed by atoms with van der Waals surface area (Å²) in [7, 11) is 0. The number of alkyl halides is 3. The molecular formula is C13H16F3N3. The summed E-state index contributed by atoms with van der Waals surface area (Å²) in [5, 5.41) is 3.05. The molecule has 19 heavy (non-hydrogen) atoms. The van der Waals surface area contributed by atoms with Crippen LogP contribution in [0.5, 0.6) is 0 Å². The molecule has 0 heterocycles. The van der Waals surface area contributed by atoms with E-state index in [9.17, 15) is 13.2 Å². The van der Waals surface area contributed by atoms with Crippen LogP contribution in [-0.2, 0) is 12.6 Å². The maximum Gasteiger partial charge on any atom is 0.416 e. The van der Waals surface area contributed by atoms with Crippen molar-refractivity contribution < 1.29 is 13.2 Å². The van der Waals surface area contributed by atoms with Crippen molar-refractivity contribution in [2.45, 2.75) is 31.5 Å². The minimum Gasteiger partial charge on any atom is -0.370 e. The Hall–Kier alpha value is -1.72. The zero-order valence-electron chi connectivity index (χ0n) is 10.4. The predicted octanol–water partition coefficient (Wildman–Crippen LogP) is 2.31. The second-order valence-electron chi connectivity index (χ2n) is 4.63. The lowest BCUT2D eigenvalue weighted by Crippen LogP contribution is -2.33. The van der Waals surface area contributed by atoms with Gasteiger partial charge in [0.2, 0.25) is 0 Å². The summed E-state index contributed by atoms with van der Waals surface area (Å²) in [5.74, 6) is 0.411. The first-order valence-electron chi connectivity index (χ1n) is 6.18. The maximum absolute atomic E-state index is 12.4. The fourth-order valence-corrected chi connectivity index (χ4v) is 1.65. The molecule has 1 fully saturated rings. The van der Waals surface area contributed by atoms with E-state index < -0.39 is 11.7 Å². The largest absolute Gasteiger partial charge is 0.416 e. The fourth-order valence-electron chi connectivity index (χ4n) is 1.65. The Bertz CT molecular complexity index is 447. The standard InChI is InChI=1S/C13H16F3N3/c14-13(15,16)10-3-1-9(2-4-10)7-8-18-12(17)19-11-5-6-11/h1-4,11H,5-8H2,(H3,17,18,19). The van der Waals surface area contributed by atoms with Crippen LogP contribution in [0.25, 0.3) is 0 Å². The third-order valence-corrected chi connectivity index (χ3v) is 2.89. The summed E-state index contributed by atoms with van der Waals surface area (Å²) in [4.78, 5) is 4.13. The second-order valence-corrected chi connectivity index (χ2v) is 4.63. The highest BCUT2D eigenvalue weighted by Crippen LogP contribution is 2.29. The third kappa shape index (κ3) is 4.46. The summed E-state index contributed by atoms with van der Waals surface area (Å²) >= 11 is 0. The quantitative estimate of drug-likeness (QED) is 0.652. The van der Waals surface area contributed by atoms with Crippen molar-refractivity contribution in [2.75, 3.05) is 6.54 Å². The van der Waals surface area contributed by atoms with Gasteiger partial charge in [-0.05, 0) is 37.0 Å². The van der Waals surface area contributed by atoms with Crippen molar-refractivity contribution in [1.82, 2.24) is 5.32 Å². The van der Waals surface area contributed by atoms with Crippen LogP contribution in [0.1, 0.15) is 24.0 Å². The lowest BCUT2D eigenvalue weighted by Gasteiger charge is -2.07. The molecule has 3 nitrogen and oxygen atoms in total. The van der Waals surface area contributed by atoms with E-state index in [1.54, 1.807) is 0 Å². The molecule has 1 aromatic carbocycles. The number of benzene rings is 1. The first-order chi connectivity index (χ1) is 8.95. The molecule has 0 unspecified atom stereocenters. The number of guanidine groups is 1. The van der Waals surface area contributed by atoms with Gasteiger partial charge in [-0.2, -0.15) is 13.2 Å². The highest BCUT2D eigenvalue weighted by Gasteiger charge is 2.29. The zero-order chi connectivity index (χ0) is 13.9. The average Bonchev–Trinajstić information content (AvgIpc) is 3.12. The Morgan fingerprint density at radius 3 is 2.42 bits per heavy atom. The number of aliphatic imine (C=N–C) groups is 1. The van der Waals surface area contributed by atoms with Gasteiger partial charge in [-0.1, -0.05) is 12.1 Å². The van der Waals surface area contributed by atoms with Crippen LogP contribution in [0.15, 0.2) is 29.3 Å². The first-order valence-corrected chi connectivity index (χ1v) is 6.18. The number of nitrogens with zero attached hydrogens (tertiary/aromatic N) is 1. The van der Waals surface area contributed by atoms with Gasteiger partial charge in [0.1, 0.15) is 0 Å². The van der Waals surface area contributed by atoms with E-state index in [-0.39, 0.29) is 0 Å². The van der Waals surface area contributed by atoms with Crippen LogP contribution in [0.4, 0.5) is 13.2 Å². The lowest BCUT2D eigenvalue weighted by atomic mass is 10.1. The van der Waals surface area contributed by atoms with Crippen LogP contribution in [0.3, 0.4) is 0 Å². The van der Waals surface area contributed by atoms with Crippen molar-refractivity contribution in [1.29, 1.82) is 0 Å². The highest BCUT2D eigenvalue weighted by atomic mass is 19.4. The van der Waals surface area contributed by atoms with Gasteiger partial charge in [0, 0.05) is 12.6 Å². The molecule has 0 radical (unpaired) electrons. The van der Waals surface area contributed by atoms with Crippen molar-refractivity contribution in [2.24, 2.45) is 10.7 Å². The SMILES string of the molecule is NC(=NCCc1ccc(C(F)(F)F)cc1)NC1CC1. The number of hydrogen-bond acceptors (Lipinski definition) is 1. The number of nitrogens with one attached hydrogen (secondary N) is 1. The predicted molar refractivity (Wildman–Crippen MR) is 67.8 cm³/mol. The molecule has 1 aliphatic rings. The number of halogens is 3. The van der Waals surface area contributed by atoms with Crippen molar-refractivity contribution >= 4 is 5.96 Å². The third-order valence-electron chi connectivity index (χ3n) is 2.89. The molecule has 0 aliphatic heterocycles. The van der Waals surface area contributed by atoms with E-state index in [1.165, 1.54) is 12.1 Å². The molecule has 0 saturated heterocycles. The Labute approximate surface area is 109 Å². The Balaban J connectivity index is 1.82. The molecule has 0 spiro atoms. The second kappa shape index (κ2) is 5.50. The normalized spacial score (nSPS) is 16.5. The molecule has 1 aromatic rings. The Morgan fingerprint density at radius 2 is 1.89 bits per heavy atom. The van der Waals surface area contributed by atoms with Gasteiger partial charge in [-0.3, -0.25) is 4.99 Å². The Kier molecular flexibility index (Phi) is 3.97. The zero-order valence-corrected chi connectivity index (χ0v) is 10.4. The summed E-state index contributed by atoms with van der Waals surface area (Å²) in [6.45, 7) is 0.469. The van der Waals surface area contributed by atoms with Gasteiger partial charge in [0.15, 0.2) is 5.96 Å². The Morgan fingerprint density at radius 1 is 1.26 bits per heavy atom. The van der Waals surface area contributed by atoms with E-state index in [0.29, 0.717) is 25.0 Å². The van der Waals surface area contributed by atoms with Crippen LogP contribution in [-0.4, -0.2) is 18.5 Å². The van der Waals surface area contributed by atoms with Gasteiger partial charge in [-0.15, -0.1) is 0 Å². The maximum atomic E-state index is 12.4. The smallest absolute Gasteiger partial charge is 0.370 e. The molecule has 2 rings (SSSR count). The molecule has 0 aromatic heterocycles. The minimum atomic E-state index is -4.28. The first kappa shape index (κ1) is 13.7. The van der Waals surface area contributed by atoms with Crippen LogP contribution in [0, 0.1) is 0 Å². The van der Waals surface area contributed by atoms with E-state index >= 15 is 0 Å². The van der Waals surface area contributed by atoms with Crippen LogP contribution in [0.2, 0.25) is 0 Å². The molecule has 0 bridgehead atoms. The topological polar surface area (TPSA) is 50.4 Å². The van der Waals surface area contributed by atoms with Gasteiger partial charge in [-0.25, -0.2) is 0 Å². The van der Waals surface area contributed by atoms with Crippen LogP contribution < -0.4 is 11.1 Å².